The van der Waals surface area contributed by atoms with Crippen molar-refractivity contribution in [3.8, 4) is 17.2 Å². The standard InChI is InChI=1S/C27H26N2O3/c1-17(2)18-7-9-19(10-8-18)27-29-23(21-5-3-4-6-24(21)32-27)16-22(28-29)20-11-12-25-26(15-20)31-14-13-30-25/h3-12,15-17,23,27-28H,13-14H2,1-2H3/t23-,27-/m1/s1. The molecule has 3 aliphatic heterocycles. The number of rotatable bonds is 3. The monoisotopic (exact) mass is 426 g/mol. The van der Waals surface area contributed by atoms with Gasteiger partial charge in [0.05, 0.1) is 11.7 Å². The summed E-state index contributed by atoms with van der Waals surface area (Å²) >= 11 is 0. The first kappa shape index (κ1) is 19.3. The van der Waals surface area contributed by atoms with Crippen molar-refractivity contribution < 1.29 is 14.2 Å². The predicted molar refractivity (Wildman–Crippen MR) is 123 cm³/mol. The Hall–Kier alpha value is -3.44. The van der Waals surface area contributed by atoms with Crippen LogP contribution in [0.2, 0.25) is 0 Å². The molecule has 6 rings (SSSR count). The fourth-order valence-electron chi connectivity index (χ4n) is 4.58. The number of nitrogens with one attached hydrogen (secondary N) is 1. The topological polar surface area (TPSA) is 43.0 Å². The lowest BCUT2D eigenvalue weighted by molar-refractivity contribution is -0.0326. The van der Waals surface area contributed by atoms with Crippen molar-refractivity contribution in [3.63, 3.8) is 0 Å². The molecular formula is C27H26N2O3. The summed E-state index contributed by atoms with van der Waals surface area (Å²) in [6.07, 6.45) is 2.03. The first-order valence-corrected chi connectivity index (χ1v) is 11.2. The van der Waals surface area contributed by atoms with E-state index in [9.17, 15) is 0 Å². The molecule has 0 bridgehead atoms. The van der Waals surface area contributed by atoms with Crippen molar-refractivity contribution in [3.05, 3.63) is 95.1 Å². The Kier molecular flexibility index (Phi) is 4.58. The first-order valence-electron chi connectivity index (χ1n) is 11.2. The molecule has 162 valence electrons. The van der Waals surface area contributed by atoms with E-state index in [0.717, 1.165) is 39.6 Å². The fraction of sp³-hybridized carbons (Fsp3) is 0.259. The number of ether oxygens (including phenoxy) is 3. The van der Waals surface area contributed by atoms with Crippen LogP contribution < -0.4 is 19.6 Å². The molecular weight excluding hydrogens is 400 g/mol. The van der Waals surface area contributed by atoms with Crippen molar-refractivity contribution in [1.29, 1.82) is 0 Å². The summed E-state index contributed by atoms with van der Waals surface area (Å²) in [5, 5.41) is 2.19. The summed E-state index contributed by atoms with van der Waals surface area (Å²) in [5.74, 6) is 3.01. The summed E-state index contributed by atoms with van der Waals surface area (Å²) in [6.45, 7) is 5.59. The Morgan fingerprint density at radius 2 is 1.66 bits per heavy atom. The Balaban J connectivity index is 1.37. The van der Waals surface area contributed by atoms with Gasteiger partial charge in [0.15, 0.2) is 17.7 Å². The highest BCUT2D eigenvalue weighted by molar-refractivity contribution is 5.70. The lowest BCUT2D eigenvalue weighted by Gasteiger charge is -2.39. The summed E-state index contributed by atoms with van der Waals surface area (Å²) in [5.41, 5.74) is 9.32. The second-order valence-electron chi connectivity index (χ2n) is 8.73. The average molecular weight is 427 g/mol. The van der Waals surface area contributed by atoms with Gasteiger partial charge in [-0.2, -0.15) is 5.01 Å². The van der Waals surface area contributed by atoms with E-state index in [1.165, 1.54) is 5.56 Å². The number of hydrazine groups is 1. The van der Waals surface area contributed by atoms with Crippen molar-refractivity contribution in [2.75, 3.05) is 13.2 Å². The smallest absolute Gasteiger partial charge is 0.195 e. The van der Waals surface area contributed by atoms with Crippen LogP contribution in [0.15, 0.2) is 72.8 Å². The van der Waals surface area contributed by atoms with E-state index in [1.54, 1.807) is 0 Å². The van der Waals surface area contributed by atoms with Gasteiger partial charge in [-0.3, -0.25) is 0 Å². The van der Waals surface area contributed by atoms with Crippen LogP contribution in [-0.4, -0.2) is 18.2 Å². The minimum absolute atomic E-state index is 0.0675. The molecule has 3 heterocycles. The van der Waals surface area contributed by atoms with Crippen molar-refractivity contribution in [2.45, 2.75) is 32.0 Å². The molecule has 0 saturated heterocycles. The van der Waals surface area contributed by atoms with Gasteiger partial charge in [-0.1, -0.05) is 56.3 Å². The number of para-hydroxylation sites is 1. The maximum atomic E-state index is 6.49. The van der Waals surface area contributed by atoms with E-state index in [0.29, 0.717) is 19.1 Å². The van der Waals surface area contributed by atoms with Gasteiger partial charge in [-0.05, 0) is 41.8 Å². The molecule has 5 nitrogen and oxygen atoms in total. The highest BCUT2D eigenvalue weighted by atomic mass is 16.6. The largest absolute Gasteiger partial charge is 0.486 e. The van der Waals surface area contributed by atoms with Crippen LogP contribution in [0, 0.1) is 0 Å². The molecule has 3 aromatic rings. The Bertz CT molecular complexity index is 1190. The summed E-state index contributed by atoms with van der Waals surface area (Å²) in [6, 6.07) is 23.2. The molecule has 1 N–H and O–H groups in total. The predicted octanol–water partition coefficient (Wildman–Crippen LogP) is 5.57. The van der Waals surface area contributed by atoms with Gasteiger partial charge < -0.3 is 19.6 Å². The SMILES string of the molecule is CC(C)c1ccc([C@H]2Oc3ccccc3[C@H]3C=C(c4ccc5c(c4)OCCO5)NN32)cc1. The van der Waals surface area contributed by atoms with Crippen LogP contribution in [-0.2, 0) is 0 Å². The molecule has 0 spiro atoms. The van der Waals surface area contributed by atoms with E-state index in [4.69, 9.17) is 14.2 Å². The number of hydrogen-bond acceptors (Lipinski definition) is 5. The van der Waals surface area contributed by atoms with Gasteiger partial charge in [0.25, 0.3) is 0 Å². The number of hydrogen-bond donors (Lipinski definition) is 1. The summed E-state index contributed by atoms with van der Waals surface area (Å²) in [4.78, 5) is 0. The highest BCUT2D eigenvalue weighted by Gasteiger charge is 2.40. The molecule has 5 heteroatoms. The minimum Gasteiger partial charge on any atom is -0.486 e. The zero-order valence-corrected chi connectivity index (χ0v) is 18.2. The maximum Gasteiger partial charge on any atom is 0.195 e. The molecule has 0 unspecified atom stereocenters. The maximum absolute atomic E-state index is 6.49. The van der Waals surface area contributed by atoms with Crippen LogP contribution in [0.5, 0.6) is 17.2 Å². The molecule has 0 radical (unpaired) electrons. The molecule has 0 fully saturated rings. The van der Waals surface area contributed by atoms with Crippen LogP contribution in [0.25, 0.3) is 5.70 Å². The van der Waals surface area contributed by atoms with E-state index >= 15 is 0 Å². The number of benzene rings is 3. The second kappa shape index (κ2) is 7.61. The molecule has 0 aromatic heterocycles. The molecule has 32 heavy (non-hydrogen) atoms. The molecule has 0 aliphatic carbocycles. The van der Waals surface area contributed by atoms with Crippen molar-refractivity contribution in [1.82, 2.24) is 10.4 Å². The minimum atomic E-state index is -0.234. The third-order valence-corrected chi connectivity index (χ3v) is 6.34. The molecule has 3 aliphatic rings. The quantitative estimate of drug-likeness (QED) is 0.593. The van der Waals surface area contributed by atoms with Crippen molar-refractivity contribution in [2.24, 2.45) is 0 Å². The molecule has 0 amide bonds. The molecule has 2 atom stereocenters. The second-order valence-corrected chi connectivity index (χ2v) is 8.73. The third-order valence-electron chi connectivity index (χ3n) is 6.34. The van der Waals surface area contributed by atoms with E-state index in [-0.39, 0.29) is 12.3 Å². The first-order chi connectivity index (χ1) is 15.7. The molecule has 0 saturated carbocycles. The third kappa shape index (κ3) is 3.21. The lowest BCUT2D eigenvalue weighted by atomic mass is 9.98. The Labute approximate surface area is 188 Å². The van der Waals surface area contributed by atoms with E-state index < -0.39 is 0 Å². The van der Waals surface area contributed by atoms with Crippen LogP contribution in [0.3, 0.4) is 0 Å². The Morgan fingerprint density at radius 1 is 0.875 bits per heavy atom. The van der Waals surface area contributed by atoms with Gasteiger partial charge in [-0.15, -0.1) is 0 Å². The highest BCUT2D eigenvalue weighted by Crippen LogP contribution is 2.46. The fourth-order valence-corrected chi connectivity index (χ4v) is 4.58. The van der Waals surface area contributed by atoms with Gasteiger partial charge in [0.2, 0.25) is 0 Å². The normalized spacial score (nSPS) is 21.3. The van der Waals surface area contributed by atoms with Crippen LogP contribution in [0.1, 0.15) is 54.3 Å². The van der Waals surface area contributed by atoms with Gasteiger partial charge in [-0.25, -0.2) is 0 Å². The van der Waals surface area contributed by atoms with Crippen molar-refractivity contribution >= 4 is 5.70 Å². The average Bonchev–Trinajstić information content (AvgIpc) is 3.29. The zero-order valence-electron chi connectivity index (χ0n) is 18.2. The van der Waals surface area contributed by atoms with Crippen LogP contribution >= 0.6 is 0 Å². The number of nitrogens with zero attached hydrogens (tertiary/aromatic N) is 1. The lowest BCUT2D eigenvalue weighted by Crippen LogP contribution is -2.43. The zero-order chi connectivity index (χ0) is 21.7. The van der Waals surface area contributed by atoms with E-state index in [1.807, 2.05) is 18.2 Å². The van der Waals surface area contributed by atoms with Gasteiger partial charge in [0.1, 0.15) is 19.0 Å². The summed E-state index contributed by atoms with van der Waals surface area (Å²) in [7, 11) is 0. The van der Waals surface area contributed by atoms with Gasteiger partial charge in [0, 0.05) is 16.7 Å². The van der Waals surface area contributed by atoms with Crippen LogP contribution in [0.4, 0.5) is 0 Å². The molecule has 3 aromatic carbocycles. The summed E-state index contributed by atoms with van der Waals surface area (Å²) < 4.78 is 18.0. The van der Waals surface area contributed by atoms with E-state index in [2.05, 4.69) is 78.9 Å². The van der Waals surface area contributed by atoms with Gasteiger partial charge >= 0.3 is 0 Å². The number of fused-ring (bicyclic) bond motifs is 4. The Morgan fingerprint density at radius 3 is 2.47 bits per heavy atom.